The van der Waals surface area contributed by atoms with Gasteiger partial charge in [-0.1, -0.05) is 6.07 Å². The van der Waals surface area contributed by atoms with Gasteiger partial charge in [0.15, 0.2) is 5.82 Å². The third-order valence-corrected chi connectivity index (χ3v) is 5.78. The molecule has 0 bridgehead atoms. The normalized spacial score (nSPS) is 14.4. The largest absolute Gasteiger partial charge is 0.372 e. The molecule has 0 amide bonds. The molecule has 1 aliphatic rings. The number of ether oxygens (including phenoxy) is 1. The minimum absolute atomic E-state index is 0.00640. The first-order chi connectivity index (χ1) is 12.4. The van der Waals surface area contributed by atoms with Gasteiger partial charge in [0, 0.05) is 24.6 Å². The monoisotopic (exact) mass is 373 g/mol. The Labute approximate surface area is 151 Å². The number of fused-ring (bicyclic) bond motifs is 1. The summed E-state index contributed by atoms with van der Waals surface area (Å²) < 4.78 is 34.8. The number of rotatable bonds is 4. The zero-order chi connectivity index (χ0) is 18.3. The highest BCUT2D eigenvalue weighted by Crippen LogP contribution is 2.21. The Morgan fingerprint density at radius 1 is 1.15 bits per heavy atom. The van der Waals surface area contributed by atoms with Crippen molar-refractivity contribution in [1.29, 1.82) is 0 Å². The molecule has 0 radical (unpaired) electrons. The van der Waals surface area contributed by atoms with Gasteiger partial charge in [-0.25, -0.2) is 13.4 Å². The Balaban J connectivity index is 1.72. The quantitative estimate of drug-likeness (QED) is 0.690. The first kappa shape index (κ1) is 16.9. The van der Waals surface area contributed by atoms with Crippen LogP contribution in [0.15, 0.2) is 35.7 Å². The molecule has 0 aliphatic carbocycles. The van der Waals surface area contributed by atoms with Gasteiger partial charge in [-0.3, -0.25) is 4.57 Å². The van der Waals surface area contributed by atoms with Crippen molar-refractivity contribution in [2.75, 3.05) is 6.61 Å². The number of aryl methyl sites for hydroxylation is 2. The third kappa shape index (κ3) is 3.04. The van der Waals surface area contributed by atoms with Crippen molar-refractivity contribution in [2.24, 2.45) is 0 Å². The summed E-state index contributed by atoms with van der Waals surface area (Å²) in [4.78, 5) is 4.11. The average molecular weight is 373 g/mol. The smallest absolute Gasteiger partial charge is 0.232 e. The van der Waals surface area contributed by atoms with Crippen molar-refractivity contribution in [1.82, 2.24) is 24.3 Å². The predicted octanol–water partition coefficient (Wildman–Crippen LogP) is 1.58. The van der Waals surface area contributed by atoms with E-state index in [1.807, 2.05) is 36.6 Å². The molecule has 0 saturated carbocycles. The summed E-state index contributed by atoms with van der Waals surface area (Å²) in [5.41, 5.74) is 2.89. The molecule has 0 N–H and O–H groups in total. The molecule has 3 heterocycles. The standard InChI is InChI=1S/C17H19N5O3S/c1-12-7-13(2)9-14(8-12)21-4-3-18-17(21)26(23,24)11-16-20-19-15-10-25-6-5-22(15)16/h3-4,7-9H,5-6,10-11H2,1-2H3. The number of nitrogens with zero attached hydrogens (tertiary/aromatic N) is 5. The Morgan fingerprint density at radius 3 is 2.69 bits per heavy atom. The van der Waals surface area contributed by atoms with Crippen LogP contribution in [0, 0.1) is 13.8 Å². The van der Waals surface area contributed by atoms with Gasteiger partial charge in [0.2, 0.25) is 15.0 Å². The Kier molecular flexibility index (Phi) is 4.12. The second kappa shape index (κ2) is 6.33. The van der Waals surface area contributed by atoms with Crippen LogP contribution in [-0.4, -0.2) is 39.3 Å². The fourth-order valence-electron chi connectivity index (χ4n) is 3.20. The summed E-state index contributed by atoms with van der Waals surface area (Å²) >= 11 is 0. The van der Waals surface area contributed by atoms with E-state index in [0.717, 1.165) is 16.8 Å². The molecule has 0 saturated heterocycles. The topological polar surface area (TPSA) is 91.9 Å². The molecular weight excluding hydrogens is 354 g/mol. The summed E-state index contributed by atoms with van der Waals surface area (Å²) in [7, 11) is -3.69. The minimum atomic E-state index is -3.69. The van der Waals surface area contributed by atoms with Gasteiger partial charge < -0.3 is 9.30 Å². The van der Waals surface area contributed by atoms with Crippen molar-refractivity contribution in [2.45, 2.75) is 37.9 Å². The fraction of sp³-hybridized carbons (Fsp3) is 0.353. The lowest BCUT2D eigenvalue weighted by Gasteiger charge is -2.15. The van der Waals surface area contributed by atoms with Crippen LogP contribution in [0.5, 0.6) is 0 Å². The van der Waals surface area contributed by atoms with Crippen LogP contribution in [-0.2, 0) is 33.5 Å². The fourth-order valence-corrected chi connectivity index (χ4v) is 4.57. The Hall–Kier alpha value is -2.52. The van der Waals surface area contributed by atoms with E-state index in [9.17, 15) is 8.42 Å². The van der Waals surface area contributed by atoms with E-state index in [2.05, 4.69) is 15.2 Å². The maximum Gasteiger partial charge on any atom is 0.232 e. The summed E-state index contributed by atoms with van der Waals surface area (Å²) in [6.45, 7) is 5.39. The van der Waals surface area contributed by atoms with Gasteiger partial charge in [-0.15, -0.1) is 10.2 Å². The van der Waals surface area contributed by atoms with E-state index >= 15 is 0 Å². The second-order valence-electron chi connectivity index (χ2n) is 6.42. The van der Waals surface area contributed by atoms with Crippen LogP contribution in [0.2, 0.25) is 0 Å². The lowest BCUT2D eigenvalue weighted by Crippen LogP contribution is -2.21. The molecule has 9 heteroatoms. The number of benzene rings is 1. The van der Waals surface area contributed by atoms with E-state index in [0.29, 0.717) is 31.4 Å². The number of imidazole rings is 1. The van der Waals surface area contributed by atoms with Crippen LogP contribution in [0.25, 0.3) is 5.69 Å². The summed E-state index contributed by atoms with van der Waals surface area (Å²) in [5.74, 6) is 0.819. The first-order valence-electron chi connectivity index (χ1n) is 8.27. The Morgan fingerprint density at radius 2 is 1.92 bits per heavy atom. The van der Waals surface area contributed by atoms with E-state index in [1.54, 1.807) is 10.8 Å². The predicted molar refractivity (Wildman–Crippen MR) is 93.6 cm³/mol. The van der Waals surface area contributed by atoms with Crippen LogP contribution < -0.4 is 0 Å². The molecule has 1 aromatic carbocycles. The van der Waals surface area contributed by atoms with Crippen molar-refractivity contribution in [3.8, 4) is 5.69 Å². The summed E-state index contributed by atoms with van der Waals surface area (Å²) in [5, 5.41) is 8.07. The van der Waals surface area contributed by atoms with Gasteiger partial charge in [-0.2, -0.15) is 0 Å². The van der Waals surface area contributed by atoms with Crippen molar-refractivity contribution in [3.63, 3.8) is 0 Å². The zero-order valence-corrected chi connectivity index (χ0v) is 15.4. The molecular formula is C17H19N5O3S. The van der Waals surface area contributed by atoms with Crippen LogP contribution in [0.3, 0.4) is 0 Å². The average Bonchev–Trinajstić information content (AvgIpc) is 3.22. The second-order valence-corrected chi connectivity index (χ2v) is 8.30. The molecule has 0 atom stereocenters. The number of aromatic nitrogens is 5. The van der Waals surface area contributed by atoms with E-state index in [-0.39, 0.29) is 10.9 Å². The lowest BCUT2D eigenvalue weighted by atomic mass is 10.1. The number of hydrogen-bond acceptors (Lipinski definition) is 6. The van der Waals surface area contributed by atoms with Crippen molar-refractivity contribution >= 4 is 9.84 Å². The summed E-state index contributed by atoms with van der Waals surface area (Å²) in [6.07, 6.45) is 3.16. The molecule has 4 rings (SSSR count). The molecule has 2 aromatic heterocycles. The van der Waals surface area contributed by atoms with Gasteiger partial charge in [0.25, 0.3) is 0 Å². The Bertz CT molecular complexity index is 1050. The van der Waals surface area contributed by atoms with Crippen LogP contribution >= 0.6 is 0 Å². The highest BCUT2D eigenvalue weighted by atomic mass is 32.2. The molecule has 1 aliphatic heterocycles. The molecule has 8 nitrogen and oxygen atoms in total. The van der Waals surface area contributed by atoms with Crippen LogP contribution in [0.4, 0.5) is 0 Å². The van der Waals surface area contributed by atoms with E-state index < -0.39 is 9.84 Å². The minimum Gasteiger partial charge on any atom is -0.372 e. The SMILES string of the molecule is Cc1cc(C)cc(-n2ccnc2S(=O)(=O)Cc2nnc3n2CCOC3)c1. The maximum absolute atomic E-state index is 13.0. The van der Waals surface area contributed by atoms with Crippen molar-refractivity contribution in [3.05, 3.63) is 53.4 Å². The van der Waals surface area contributed by atoms with Crippen LogP contribution in [0.1, 0.15) is 22.8 Å². The van der Waals surface area contributed by atoms with Gasteiger partial charge in [0.1, 0.15) is 18.2 Å². The third-order valence-electron chi connectivity index (χ3n) is 4.28. The molecule has 136 valence electrons. The van der Waals surface area contributed by atoms with E-state index in [1.165, 1.54) is 6.20 Å². The molecule has 0 unspecified atom stereocenters. The van der Waals surface area contributed by atoms with Gasteiger partial charge in [-0.05, 0) is 37.1 Å². The number of sulfone groups is 1. The zero-order valence-electron chi connectivity index (χ0n) is 14.6. The highest BCUT2D eigenvalue weighted by molar-refractivity contribution is 7.90. The van der Waals surface area contributed by atoms with Crippen molar-refractivity contribution < 1.29 is 13.2 Å². The number of hydrogen-bond donors (Lipinski definition) is 0. The maximum atomic E-state index is 13.0. The molecule has 0 spiro atoms. The molecule has 0 fully saturated rings. The summed E-state index contributed by atoms with van der Waals surface area (Å²) in [6, 6.07) is 5.91. The highest BCUT2D eigenvalue weighted by Gasteiger charge is 2.27. The van der Waals surface area contributed by atoms with Gasteiger partial charge in [0.05, 0.1) is 6.61 Å². The van der Waals surface area contributed by atoms with E-state index in [4.69, 9.17) is 4.74 Å². The lowest BCUT2D eigenvalue weighted by molar-refractivity contribution is 0.0808. The van der Waals surface area contributed by atoms with Gasteiger partial charge >= 0.3 is 0 Å². The molecule has 26 heavy (non-hydrogen) atoms. The first-order valence-corrected chi connectivity index (χ1v) is 9.93. The molecule has 3 aromatic rings.